The molecule has 0 bridgehead atoms. The van der Waals surface area contributed by atoms with Crippen LogP contribution in [0.25, 0.3) is 10.4 Å². The number of methoxy groups -OCH3 is 1. The van der Waals surface area contributed by atoms with Crippen LogP contribution in [0.1, 0.15) is 20.8 Å². The largest absolute Gasteiger partial charge is 0.497 e. The first kappa shape index (κ1) is 20.4. The first-order valence-electron chi connectivity index (χ1n) is 8.36. The molecule has 1 aromatic heterocycles. The van der Waals surface area contributed by atoms with Crippen LogP contribution < -0.4 is 9.46 Å². The number of aryl methyl sites for hydroxylation is 2. The first-order chi connectivity index (χ1) is 13.2. The number of ether oxygens (including phenoxy) is 1. The van der Waals surface area contributed by atoms with Crippen LogP contribution in [-0.2, 0) is 9.30 Å². The zero-order valence-electron chi connectivity index (χ0n) is 15.6. The molecule has 0 aliphatic rings. The summed E-state index contributed by atoms with van der Waals surface area (Å²) in [6.45, 7) is 3.83. The average Bonchev–Trinajstić information content (AvgIpc) is 3.04. The Balaban J connectivity index is 2.01. The smallest absolute Gasteiger partial charge is 0.348 e. The van der Waals surface area contributed by atoms with Gasteiger partial charge in [-0.05, 0) is 69.4 Å². The number of thiophene rings is 1. The Morgan fingerprint density at radius 2 is 1.82 bits per heavy atom. The van der Waals surface area contributed by atoms with Crippen molar-refractivity contribution in [2.75, 3.05) is 11.8 Å². The Kier molecular flexibility index (Phi) is 5.79. The second-order valence-corrected chi connectivity index (χ2v) is 10.8. The Labute approximate surface area is 170 Å². The van der Waals surface area contributed by atoms with Gasteiger partial charge in [-0.1, -0.05) is 17.7 Å². The minimum absolute atomic E-state index is 0.0987. The van der Waals surface area contributed by atoms with Gasteiger partial charge in [0.25, 0.3) is 0 Å². The number of hydrogen-bond donors (Lipinski definition) is 2. The SMILES string of the molecule is COc1ccc(-c2cc(NS(=O)(=P)c3ccc(C)cc3C)c(C(=O)O)s2)cc1. The number of benzene rings is 2. The minimum atomic E-state index is -2.87. The van der Waals surface area contributed by atoms with Crippen molar-refractivity contribution in [1.29, 1.82) is 0 Å². The van der Waals surface area contributed by atoms with Crippen LogP contribution in [0.5, 0.6) is 5.75 Å². The molecule has 5 nitrogen and oxygen atoms in total. The lowest BCUT2D eigenvalue weighted by molar-refractivity contribution is 0.0703. The Bertz CT molecular complexity index is 1140. The third-order valence-electron chi connectivity index (χ3n) is 4.19. The summed E-state index contributed by atoms with van der Waals surface area (Å²) in [4.78, 5) is 13.2. The quantitative estimate of drug-likeness (QED) is 0.506. The molecule has 0 saturated carbocycles. The summed E-state index contributed by atoms with van der Waals surface area (Å²) in [5.41, 5.74) is 3.08. The zero-order chi connectivity index (χ0) is 20.5. The standard InChI is InChI=1S/C20H20NO4PS2/c1-12-4-9-18(13(2)10-12)28(24,26)21-16-11-17(27-19(16)20(22)23)14-5-7-15(25-3)8-6-14/h4-11,26H,1-3H3,(H,21,24)(H,22,23). The summed E-state index contributed by atoms with van der Waals surface area (Å²) in [6, 6.07) is 14.6. The van der Waals surface area contributed by atoms with Crippen LogP contribution in [0, 0.1) is 13.8 Å². The molecule has 1 atom stereocenters. The molecule has 0 fully saturated rings. The number of carboxylic acids is 1. The van der Waals surface area contributed by atoms with Crippen LogP contribution in [0.4, 0.5) is 5.69 Å². The number of aromatic carboxylic acids is 1. The summed E-state index contributed by atoms with van der Waals surface area (Å²) in [5, 5.41) is 9.61. The van der Waals surface area contributed by atoms with Gasteiger partial charge >= 0.3 is 5.97 Å². The monoisotopic (exact) mass is 433 g/mol. The first-order valence-corrected chi connectivity index (χ1v) is 12.0. The van der Waals surface area contributed by atoms with E-state index < -0.39 is 15.3 Å². The van der Waals surface area contributed by atoms with Crippen LogP contribution in [-0.4, -0.2) is 22.4 Å². The molecule has 3 rings (SSSR count). The molecule has 3 aromatic rings. The predicted molar refractivity (Wildman–Crippen MR) is 118 cm³/mol. The van der Waals surface area contributed by atoms with Crippen molar-refractivity contribution in [3.63, 3.8) is 0 Å². The van der Waals surface area contributed by atoms with Crippen molar-refractivity contribution in [1.82, 2.24) is 0 Å². The van der Waals surface area contributed by atoms with Gasteiger partial charge in [0, 0.05) is 4.88 Å². The average molecular weight is 433 g/mol. The van der Waals surface area contributed by atoms with E-state index >= 15 is 0 Å². The summed E-state index contributed by atoms with van der Waals surface area (Å²) in [6.07, 6.45) is 0. The summed E-state index contributed by atoms with van der Waals surface area (Å²) >= 11 is 1.13. The molecule has 2 aromatic carbocycles. The molecule has 0 radical (unpaired) electrons. The molecule has 146 valence electrons. The van der Waals surface area contributed by atoms with Crippen molar-refractivity contribution in [3.05, 3.63) is 64.5 Å². The van der Waals surface area contributed by atoms with Gasteiger partial charge in [-0.25, -0.2) is 9.00 Å². The van der Waals surface area contributed by atoms with Crippen molar-refractivity contribution in [3.8, 4) is 16.2 Å². The Morgan fingerprint density at radius 3 is 2.39 bits per heavy atom. The van der Waals surface area contributed by atoms with Crippen molar-refractivity contribution in [2.24, 2.45) is 0 Å². The molecule has 8 heteroatoms. The number of hydrogen-bond acceptors (Lipinski definition) is 4. The summed E-state index contributed by atoms with van der Waals surface area (Å²) < 4.78 is 21.4. The molecule has 0 saturated heterocycles. The van der Waals surface area contributed by atoms with E-state index in [-0.39, 0.29) is 4.88 Å². The highest BCUT2D eigenvalue weighted by molar-refractivity contribution is 8.21. The number of rotatable bonds is 6. The van der Waals surface area contributed by atoms with E-state index in [1.165, 1.54) is 0 Å². The Hall–Kier alpha value is -2.34. The van der Waals surface area contributed by atoms with E-state index in [1.54, 1.807) is 19.2 Å². The Morgan fingerprint density at radius 1 is 1.14 bits per heavy atom. The van der Waals surface area contributed by atoms with E-state index in [2.05, 4.69) is 12.7 Å². The normalized spacial score (nSPS) is 13.0. The maximum Gasteiger partial charge on any atom is 0.348 e. The highest BCUT2D eigenvalue weighted by Crippen LogP contribution is 2.37. The lowest BCUT2D eigenvalue weighted by Crippen LogP contribution is -2.12. The molecule has 0 aliphatic carbocycles. The third-order valence-corrected chi connectivity index (χ3v) is 7.92. The van der Waals surface area contributed by atoms with E-state index in [9.17, 15) is 14.1 Å². The van der Waals surface area contributed by atoms with E-state index in [0.717, 1.165) is 38.7 Å². The van der Waals surface area contributed by atoms with Gasteiger partial charge in [-0.15, -0.1) is 11.3 Å². The van der Waals surface area contributed by atoms with Gasteiger partial charge in [0.2, 0.25) is 0 Å². The van der Waals surface area contributed by atoms with Gasteiger partial charge in [0.1, 0.15) is 10.6 Å². The fourth-order valence-corrected chi connectivity index (χ4v) is 6.25. The van der Waals surface area contributed by atoms with Crippen molar-refractivity contribution in [2.45, 2.75) is 18.7 Å². The maximum absolute atomic E-state index is 13.3. The fraction of sp³-hybridized carbons (Fsp3) is 0.150. The maximum atomic E-state index is 13.3. The molecule has 1 unspecified atom stereocenters. The molecular formula is C20H20NO4PS2. The number of carboxylic acid groups (broad SMARTS) is 1. The summed E-state index contributed by atoms with van der Waals surface area (Å²) in [5.74, 6) is -0.357. The third kappa shape index (κ3) is 4.22. The molecule has 0 aliphatic heterocycles. The number of carbonyl (C=O) groups is 1. The molecular weight excluding hydrogens is 413 g/mol. The van der Waals surface area contributed by atoms with E-state index in [4.69, 9.17) is 4.74 Å². The second-order valence-electron chi connectivity index (χ2n) is 6.31. The van der Waals surface area contributed by atoms with E-state index in [0.29, 0.717) is 10.6 Å². The van der Waals surface area contributed by atoms with Crippen LogP contribution in [0.3, 0.4) is 0 Å². The van der Waals surface area contributed by atoms with Gasteiger partial charge in [-0.3, -0.25) is 0 Å². The fourth-order valence-electron chi connectivity index (χ4n) is 2.85. The van der Waals surface area contributed by atoms with E-state index in [1.807, 2.05) is 50.2 Å². The number of nitrogens with one attached hydrogen (secondary N) is 1. The molecule has 2 N–H and O–H groups in total. The molecule has 1 heterocycles. The molecule has 0 spiro atoms. The van der Waals surface area contributed by atoms with Crippen LogP contribution >= 0.6 is 19.4 Å². The van der Waals surface area contributed by atoms with Gasteiger partial charge in [0.05, 0.1) is 27.0 Å². The highest BCUT2D eigenvalue weighted by Gasteiger charge is 2.20. The minimum Gasteiger partial charge on any atom is -0.497 e. The molecule has 28 heavy (non-hydrogen) atoms. The second kappa shape index (κ2) is 7.95. The van der Waals surface area contributed by atoms with Crippen molar-refractivity contribution >= 4 is 40.3 Å². The predicted octanol–water partition coefficient (Wildman–Crippen LogP) is 5.47. The van der Waals surface area contributed by atoms with Gasteiger partial charge in [-0.2, -0.15) is 0 Å². The lowest BCUT2D eigenvalue weighted by atomic mass is 10.2. The topological polar surface area (TPSA) is 75.6 Å². The number of anilines is 1. The lowest BCUT2D eigenvalue weighted by Gasteiger charge is -2.14. The van der Waals surface area contributed by atoms with Crippen molar-refractivity contribution < 1.29 is 18.8 Å². The van der Waals surface area contributed by atoms with Gasteiger partial charge in [0.15, 0.2) is 0 Å². The van der Waals surface area contributed by atoms with Crippen LogP contribution in [0.15, 0.2) is 53.4 Å². The zero-order valence-corrected chi connectivity index (χ0v) is 18.2. The summed E-state index contributed by atoms with van der Waals surface area (Å²) in [7, 11) is 2.06. The highest BCUT2D eigenvalue weighted by atomic mass is 32.5. The molecule has 0 amide bonds. The van der Waals surface area contributed by atoms with Gasteiger partial charge < -0.3 is 14.6 Å². The van der Waals surface area contributed by atoms with Crippen LogP contribution in [0.2, 0.25) is 0 Å².